The minimum absolute atomic E-state index is 0.775. The number of anilines is 3. The standard InChI is InChI=1S/C14H18BrN7/c1-20(2)12-3-4-13(19-18-12)21-5-7-22(8-6-21)14-16-9-11(15)10-17-14/h3-4,9-10H,5-8H2,1-2H3. The molecule has 1 aliphatic rings. The van der Waals surface area contributed by atoms with Crippen LogP contribution in [0, 0.1) is 0 Å². The van der Waals surface area contributed by atoms with Gasteiger partial charge in [-0.3, -0.25) is 0 Å². The summed E-state index contributed by atoms with van der Waals surface area (Å²) in [4.78, 5) is 15.1. The van der Waals surface area contributed by atoms with Crippen molar-refractivity contribution in [3.8, 4) is 0 Å². The van der Waals surface area contributed by atoms with Crippen LogP contribution in [0.2, 0.25) is 0 Å². The van der Waals surface area contributed by atoms with Crippen LogP contribution in [-0.4, -0.2) is 60.4 Å². The van der Waals surface area contributed by atoms with E-state index in [0.717, 1.165) is 48.2 Å². The molecule has 0 aliphatic carbocycles. The maximum atomic E-state index is 4.35. The lowest BCUT2D eigenvalue weighted by Crippen LogP contribution is -2.47. The summed E-state index contributed by atoms with van der Waals surface area (Å²) in [6, 6.07) is 4.01. The molecule has 0 atom stereocenters. The quantitative estimate of drug-likeness (QED) is 0.816. The van der Waals surface area contributed by atoms with Crippen LogP contribution in [-0.2, 0) is 0 Å². The summed E-state index contributed by atoms with van der Waals surface area (Å²) in [7, 11) is 3.92. The molecule has 0 radical (unpaired) electrons. The highest BCUT2D eigenvalue weighted by atomic mass is 79.9. The van der Waals surface area contributed by atoms with Crippen molar-refractivity contribution < 1.29 is 0 Å². The Morgan fingerprint density at radius 2 is 1.59 bits per heavy atom. The minimum Gasteiger partial charge on any atom is -0.361 e. The van der Waals surface area contributed by atoms with Crippen LogP contribution in [0.15, 0.2) is 29.0 Å². The molecule has 0 bridgehead atoms. The van der Waals surface area contributed by atoms with Crippen molar-refractivity contribution in [3.63, 3.8) is 0 Å². The summed E-state index contributed by atoms with van der Waals surface area (Å²) < 4.78 is 0.895. The Labute approximate surface area is 138 Å². The van der Waals surface area contributed by atoms with Crippen molar-refractivity contribution in [2.24, 2.45) is 0 Å². The first-order valence-corrected chi connectivity index (χ1v) is 7.91. The van der Waals surface area contributed by atoms with Crippen LogP contribution >= 0.6 is 15.9 Å². The third-order valence-corrected chi connectivity index (χ3v) is 4.00. The van der Waals surface area contributed by atoms with Gasteiger partial charge in [0.15, 0.2) is 11.6 Å². The predicted octanol–water partition coefficient (Wildman–Crippen LogP) is 1.42. The number of aromatic nitrogens is 4. The molecule has 2 aromatic heterocycles. The van der Waals surface area contributed by atoms with Gasteiger partial charge in [0.25, 0.3) is 0 Å². The molecule has 8 heteroatoms. The zero-order chi connectivity index (χ0) is 15.5. The van der Waals surface area contributed by atoms with Crippen molar-refractivity contribution in [2.45, 2.75) is 0 Å². The summed E-state index contributed by atoms with van der Waals surface area (Å²) in [5.41, 5.74) is 0. The van der Waals surface area contributed by atoms with Crippen LogP contribution in [0.25, 0.3) is 0 Å². The molecule has 116 valence electrons. The molecule has 0 saturated carbocycles. The maximum Gasteiger partial charge on any atom is 0.225 e. The number of halogens is 1. The van der Waals surface area contributed by atoms with Gasteiger partial charge < -0.3 is 14.7 Å². The van der Waals surface area contributed by atoms with Gasteiger partial charge in [-0.2, -0.15) is 0 Å². The molecule has 7 nitrogen and oxygen atoms in total. The maximum absolute atomic E-state index is 4.35. The topological polar surface area (TPSA) is 61.3 Å². The molecular formula is C14H18BrN7. The van der Waals surface area contributed by atoms with E-state index in [1.54, 1.807) is 12.4 Å². The van der Waals surface area contributed by atoms with E-state index < -0.39 is 0 Å². The monoisotopic (exact) mass is 363 g/mol. The van der Waals surface area contributed by atoms with E-state index in [-0.39, 0.29) is 0 Å². The zero-order valence-electron chi connectivity index (χ0n) is 12.6. The van der Waals surface area contributed by atoms with E-state index in [4.69, 9.17) is 0 Å². The average molecular weight is 364 g/mol. The van der Waals surface area contributed by atoms with Crippen LogP contribution in [0.4, 0.5) is 17.6 Å². The van der Waals surface area contributed by atoms with Crippen LogP contribution in [0.1, 0.15) is 0 Å². The van der Waals surface area contributed by atoms with Crippen LogP contribution in [0.3, 0.4) is 0 Å². The Kier molecular flexibility index (Phi) is 4.37. The van der Waals surface area contributed by atoms with E-state index in [0.29, 0.717) is 0 Å². The SMILES string of the molecule is CN(C)c1ccc(N2CCN(c3ncc(Br)cn3)CC2)nn1. The highest BCUT2D eigenvalue weighted by Crippen LogP contribution is 2.18. The molecule has 3 heterocycles. The third-order valence-electron chi connectivity index (χ3n) is 3.59. The molecular weight excluding hydrogens is 346 g/mol. The van der Waals surface area contributed by atoms with E-state index in [1.165, 1.54) is 0 Å². The van der Waals surface area contributed by atoms with E-state index in [2.05, 4.69) is 45.9 Å². The van der Waals surface area contributed by atoms with Gasteiger partial charge in [-0.1, -0.05) is 0 Å². The summed E-state index contributed by atoms with van der Waals surface area (Å²) in [5, 5.41) is 8.54. The Balaban J connectivity index is 1.62. The molecule has 1 saturated heterocycles. The molecule has 0 unspecified atom stereocenters. The lowest BCUT2D eigenvalue weighted by Gasteiger charge is -2.35. The number of rotatable bonds is 3. The van der Waals surface area contributed by atoms with Crippen LogP contribution < -0.4 is 14.7 Å². The Bertz CT molecular complexity index is 606. The first-order valence-electron chi connectivity index (χ1n) is 7.12. The highest BCUT2D eigenvalue weighted by Gasteiger charge is 2.20. The molecule has 22 heavy (non-hydrogen) atoms. The lowest BCUT2D eigenvalue weighted by molar-refractivity contribution is 0.631. The molecule has 0 amide bonds. The van der Waals surface area contributed by atoms with Crippen molar-refractivity contribution in [1.82, 2.24) is 20.2 Å². The summed E-state index contributed by atoms with van der Waals surface area (Å²) in [6.45, 7) is 3.52. The van der Waals surface area contributed by atoms with Crippen LogP contribution in [0.5, 0.6) is 0 Å². The number of nitrogens with zero attached hydrogens (tertiary/aromatic N) is 7. The minimum atomic E-state index is 0.775. The number of hydrogen-bond donors (Lipinski definition) is 0. The summed E-state index contributed by atoms with van der Waals surface area (Å²) in [5.74, 6) is 2.56. The number of hydrogen-bond acceptors (Lipinski definition) is 7. The van der Waals surface area contributed by atoms with E-state index in [1.807, 2.05) is 31.1 Å². The van der Waals surface area contributed by atoms with Crippen molar-refractivity contribution in [3.05, 3.63) is 29.0 Å². The molecule has 1 fully saturated rings. The fraction of sp³-hybridized carbons (Fsp3) is 0.429. The summed E-state index contributed by atoms with van der Waals surface area (Å²) >= 11 is 3.36. The van der Waals surface area contributed by atoms with Crippen molar-refractivity contribution >= 4 is 33.5 Å². The largest absolute Gasteiger partial charge is 0.361 e. The van der Waals surface area contributed by atoms with Gasteiger partial charge in [0, 0.05) is 52.7 Å². The van der Waals surface area contributed by atoms with E-state index in [9.17, 15) is 0 Å². The first-order chi connectivity index (χ1) is 10.6. The number of piperazine rings is 1. The molecule has 0 aromatic carbocycles. The zero-order valence-corrected chi connectivity index (χ0v) is 14.2. The van der Waals surface area contributed by atoms with Gasteiger partial charge in [0.2, 0.25) is 5.95 Å². The van der Waals surface area contributed by atoms with Gasteiger partial charge in [-0.05, 0) is 28.1 Å². The summed E-state index contributed by atoms with van der Waals surface area (Å²) in [6.07, 6.45) is 3.56. The molecule has 0 N–H and O–H groups in total. The Morgan fingerprint density at radius 3 is 2.14 bits per heavy atom. The Morgan fingerprint density at radius 1 is 0.955 bits per heavy atom. The fourth-order valence-electron chi connectivity index (χ4n) is 2.33. The van der Waals surface area contributed by atoms with Gasteiger partial charge in [0.05, 0.1) is 4.47 Å². The Hall–Kier alpha value is -1.96. The first kappa shape index (κ1) is 15.0. The third kappa shape index (κ3) is 3.27. The van der Waals surface area contributed by atoms with Gasteiger partial charge in [0.1, 0.15) is 0 Å². The van der Waals surface area contributed by atoms with Gasteiger partial charge >= 0.3 is 0 Å². The van der Waals surface area contributed by atoms with Gasteiger partial charge in [-0.25, -0.2) is 9.97 Å². The van der Waals surface area contributed by atoms with Crippen molar-refractivity contribution in [2.75, 3.05) is 55.0 Å². The second-order valence-electron chi connectivity index (χ2n) is 5.32. The normalized spacial score (nSPS) is 15.0. The molecule has 3 rings (SSSR count). The fourth-order valence-corrected chi connectivity index (χ4v) is 2.53. The van der Waals surface area contributed by atoms with E-state index >= 15 is 0 Å². The molecule has 2 aromatic rings. The second kappa shape index (κ2) is 6.43. The van der Waals surface area contributed by atoms with Crippen molar-refractivity contribution in [1.29, 1.82) is 0 Å². The average Bonchev–Trinajstić information content (AvgIpc) is 2.56. The van der Waals surface area contributed by atoms with Gasteiger partial charge in [-0.15, -0.1) is 10.2 Å². The predicted molar refractivity (Wildman–Crippen MR) is 90.5 cm³/mol. The second-order valence-corrected chi connectivity index (χ2v) is 6.24. The lowest BCUT2D eigenvalue weighted by atomic mass is 10.3. The highest BCUT2D eigenvalue weighted by molar-refractivity contribution is 9.10. The molecule has 0 spiro atoms. The smallest absolute Gasteiger partial charge is 0.225 e. The molecule has 1 aliphatic heterocycles.